The molecule has 140 valence electrons. The molecule has 0 fully saturated rings. The Labute approximate surface area is 162 Å². The molecule has 0 unspecified atom stereocenters. The molecule has 1 aromatic carbocycles. The Morgan fingerprint density at radius 1 is 1.14 bits per heavy atom. The molecule has 6 heteroatoms. The molecule has 6 nitrogen and oxygen atoms in total. The van der Waals surface area contributed by atoms with E-state index in [2.05, 4.69) is 27.6 Å². The minimum atomic E-state index is -0.0659. The highest BCUT2D eigenvalue weighted by Gasteiger charge is 2.23. The third-order valence-electron chi connectivity index (χ3n) is 5.44. The normalized spacial score (nSPS) is 13.6. The number of carbonyl (C=O) groups is 1. The lowest BCUT2D eigenvalue weighted by Gasteiger charge is -2.20. The van der Waals surface area contributed by atoms with Gasteiger partial charge < -0.3 is 5.32 Å². The number of nitrogens with one attached hydrogen (secondary N) is 1. The van der Waals surface area contributed by atoms with E-state index in [1.165, 1.54) is 0 Å². The summed E-state index contributed by atoms with van der Waals surface area (Å²) >= 11 is 0. The Hall–Kier alpha value is -3.28. The molecule has 3 heterocycles. The van der Waals surface area contributed by atoms with Crippen LogP contribution in [0.5, 0.6) is 0 Å². The van der Waals surface area contributed by atoms with E-state index in [9.17, 15) is 4.79 Å². The fourth-order valence-corrected chi connectivity index (χ4v) is 4.06. The van der Waals surface area contributed by atoms with Crippen molar-refractivity contribution in [1.82, 2.24) is 24.9 Å². The third kappa shape index (κ3) is 2.81. The van der Waals surface area contributed by atoms with Gasteiger partial charge in [-0.25, -0.2) is 0 Å². The molecular weight excluding hydrogens is 350 g/mol. The first-order valence-electron chi connectivity index (χ1n) is 9.69. The summed E-state index contributed by atoms with van der Waals surface area (Å²) in [5.74, 6) is 0.649. The maximum absolute atomic E-state index is 13.3. The summed E-state index contributed by atoms with van der Waals surface area (Å²) in [5, 5.41) is 12.4. The van der Waals surface area contributed by atoms with Crippen LogP contribution >= 0.6 is 0 Å². The lowest BCUT2D eigenvalue weighted by Crippen LogP contribution is -2.27. The van der Waals surface area contributed by atoms with E-state index in [-0.39, 0.29) is 5.91 Å². The highest BCUT2D eigenvalue weighted by atomic mass is 16.1. The third-order valence-corrected chi connectivity index (χ3v) is 5.44. The molecular formula is C22H21N5O. The van der Waals surface area contributed by atoms with Crippen molar-refractivity contribution in [2.75, 3.05) is 0 Å². The second-order valence-electron chi connectivity index (χ2n) is 7.37. The van der Waals surface area contributed by atoms with E-state index in [0.29, 0.717) is 12.4 Å². The van der Waals surface area contributed by atoms with Crippen LogP contribution in [0.25, 0.3) is 16.6 Å². The molecule has 5 rings (SSSR count). The number of rotatable bonds is 3. The van der Waals surface area contributed by atoms with Crippen LogP contribution in [0.3, 0.4) is 0 Å². The Kier molecular flexibility index (Phi) is 4.04. The summed E-state index contributed by atoms with van der Waals surface area (Å²) in [6, 6.07) is 11.9. The van der Waals surface area contributed by atoms with Crippen LogP contribution in [0.2, 0.25) is 0 Å². The lowest BCUT2D eigenvalue weighted by atomic mass is 9.89. The highest BCUT2D eigenvalue weighted by Crippen LogP contribution is 2.30. The van der Waals surface area contributed by atoms with Crippen LogP contribution in [0.15, 0.2) is 42.6 Å². The second kappa shape index (κ2) is 6.71. The van der Waals surface area contributed by atoms with Gasteiger partial charge in [0, 0.05) is 17.3 Å². The first-order valence-corrected chi connectivity index (χ1v) is 9.69. The number of nitrogens with zero attached hydrogens (tertiary/aromatic N) is 4. The molecule has 0 radical (unpaired) electrons. The summed E-state index contributed by atoms with van der Waals surface area (Å²) in [4.78, 5) is 18.1. The van der Waals surface area contributed by atoms with Gasteiger partial charge in [0.1, 0.15) is 0 Å². The molecule has 1 amide bonds. The van der Waals surface area contributed by atoms with Gasteiger partial charge in [-0.3, -0.25) is 14.2 Å². The zero-order valence-corrected chi connectivity index (χ0v) is 15.8. The maximum atomic E-state index is 13.3. The van der Waals surface area contributed by atoms with Crippen molar-refractivity contribution in [2.45, 2.75) is 39.2 Å². The van der Waals surface area contributed by atoms with Crippen molar-refractivity contribution in [1.29, 1.82) is 0 Å². The van der Waals surface area contributed by atoms with Gasteiger partial charge in [-0.15, -0.1) is 10.2 Å². The lowest BCUT2D eigenvalue weighted by molar-refractivity contribution is 0.0950. The molecule has 0 saturated heterocycles. The topological polar surface area (TPSA) is 72.2 Å². The number of pyridine rings is 2. The quantitative estimate of drug-likeness (QED) is 0.599. The van der Waals surface area contributed by atoms with Crippen LogP contribution in [-0.2, 0) is 19.4 Å². The second-order valence-corrected chi connectivity index (χ2v) is 7.37. The van der Waals surface area contributed by atoms with E-state index in [1.54, 1.807) is 0 Å². The zero-order chi connectivity index (χ0) is 19.1. The molecule has 0 atom stereocenters. The van der Waals surface area contributed by atoms with E-state index in [0.717, 1.165) is 64.6 Å². The summed E-state index contributed by atoms with van der Waals surface area (Å²) in [6.07, 6.45) is 5.98. The molecule has 3 aromatic heterocycles. The summed E-state index contributed by atoms with van der Waals surface area (Å²) in [6.45, 7) is 2.37. The van der Waals surface area contributed by atoms with Gasteiger partial charge in [-0.05, 0) is 62.4 Å². The minimum Gasteiger partial charge on any atom is -0.345 e. The highest BCUT2D eigenvalue weighted by molar-refractivity contribution is 6.07. The zero-order valence-electron chi connectivity index (χ0n) is 15.8. The standard InChI is InChI=1S/C22H21N5O/c1-14-9-10-18-16(12-14)21(15-6-2-3-7-17(15)24-18)22(28)23-13-20-26-25-19-8-4-5-11-27(19)20/h4-5,8-12H,2-3,6-7,13H2,1H3,(H,23,28). The molecule has 0 spiro atoms. The molecule has 0 bridgehead atoms. The molecule has 0 saturated carbocycles. The van der Waals surface area contributed by atoms with E-state index in [1.807, 2.05) is 41.8 Å². The van der Waals surface area contributed by atoms with Crippen molar-refractivity contribution in [2.24, 2.45) is 0 Å². The van der Waals surface area contributed by atoms with Crippen LogP contribution in [-0.4, -0.2) is 25.5 Å². The van der Waals surface area contributed by atoms with Gasteiger partial charge in [0.05, 0.1) is 17.6 Å². The Bertz CT molecular complexity index is 1210. The number of amides is 1. The maximum Gasteiger partial charge on any atom is 0.252 e. The fourth-order valence-electron chi connectivity index (χ4n) is 4.06. The van der Waals surface area contributed by atoms with Crippen LogP contribution in [0.1, 0.15) is 45.8 Å². The van der Waals surface area contributed by atoms with Crippen LogP contribution < -0.4 is 5.32 Å². The first kappa shape index (κ1) is 16.9. The number of carbonyl (C=O) groups excluding carboxylic acids is 1. The van der Waals surface area contributed by atoms with Crippen molar-refractivity contribution in [3.63, 3.8) is 0 Å². The molecule has 4 aromatic rings. The van der Waals surface area contributed by atoms with Crippen molar-refractivity contribution in [3.8, 4) is 0 Å². The average Bonchev–Trinajstić information content (AvgIpc) is 3.13. The predicted molar refractivity (Wildman–Crippen MR) is 107 cm³/mol. The van der Waals surface area contributed by atoms with Gasteiger partial charge in [-0.2, -0.15) is 0 Å². The van der Waals surface area contributed by atoms with Crippen molar-refractivity contribution >= 4 is 22.5 Å². The van der Waals surface area contributed by atoms with Crippen molar-refractivity contribution < 1.29 is 4.79 Å². The molecule has 0 aliphatic heterocycles. The SMILES string of the molecule is Cc1ccc2nc3c(c(C(=O)NCc4nnc5ccccn45)c2c1)CCCC3. The molecule has 1 aliphatic rings. The smallest absolute Gasteiger partial charge is 0.252 e. The molecule has 1 N–H and O–H groups in total. The largest absolute Gasteiger partial charge is 0.345 e. The number of hydrogen-bond donors (Lipinski definition) is 1. The Morgan fingerprint density at radius 3 is 2.96 bits per heavy atom. The number of hydrogen-bond acceptors (Lipinski definition) is 4. The number of aryl methyl sites for hydroxylation is 2. The molecule has 1 aliphatic carbocycles. The summed E-state index contributed by atoms with van der Waals surface area (Å²) in [5.41, 5.74) is 5.74. The Balaban J connectivity index is 1.54. The van der Waals surface area contributed by atoms with Gasteiger partial charge >= 0.3 is 0 Å². The van der Waals surface area contributed by atoms with Gasteiger partial charge in [0.15, 0.2) is 11.5 Å². The first-order chi connectivity index (χ1) is 13.7. The minimum absolute atomic E-state index is 0.0659. The predicted octanol–water partition coefficient (Wildman–Crippen LogP) is 3.39. The van der Waals surface area contributed by atoms with E-state index < -0.39 is 0 Å². The fraction of sp³-hybridized carbons (Fsp3) is 0.273. The van der Waals surface area contributed by atoms with Gasteiger partial charge in [0.25, 0.3) is 5.91 Å². The molecule has 28 heavy (non-hydrogen) atoms. The van der Waals surface area contributed by atoms with E-state index >= 15 is 0 Å². The monoisotopic (exact) mass is 371 g/mol. The van der Waals surface area contributed by atoms with Crippen LogP contribution in [0, 0.1) is 6.92 Å². The van der Waals surface area contributed by atoms with Crippen molar-refractivity contribution in [3.05, 3.63) is 70.8 Å². The van der Waals surface area contributed by atoms with Gasteiger partial charge in [-0.1, -0.05) is 17.7 Å². The van der Waals surface area contributed by atoms with E-state index in [4.69, 9.17) is 4.98 Å². The van der Waals surface area contributed by atoms with Gasteiger partial charge in [0.2, 0.25) is 0 Å². The summed E-state index contributed by atoms with van der Waals surface area (Å²) in [7, 11) is 0. The van der Waals surface area contributed by atoms with Crippen LogP contribution in [0.4, 0.5) is 0 Å². The average molecular weight is 371 g/mol. The summed E-state index contributed by atoms with van der Waals surface area (Å²) < 4.78 is 1.89. The number of fused-ring (bicyclic) bond motifs is 3. The number of aromatic nitrogens is 4. The Morgan fingerprint density at radius 2 is 2.04 bits per heavy atom. The number of benzene rings is 1.